The van der Waals surface area contributed by atoms with Gasteiger partial charge in [0, 0.05) is 6.04 Å². The van der Waals surface area contributed by atoms with Crippen molar-refractivity contribution in [2.24, 2.45) is 0 Å². The molecule has 94 valence electrons. The van der Waals surface area contributed by atoms with Gasteiger partial charge in [-0.1, -0.05) is 0 Å². The van der Waals surface area contributed by atoms with E-state index in [1.807, 2.05) is 13.8 Å². The van der Waals surface area contributed by atoms with Gasteiger partial charge in [-0.15, -0.1) is 0 Å². The van der Waals surface area contributed by atoms with Crippen LogP contribution in [0.5, 0.6) is 0 Å². The predicted octanol–water partition coefficient (Wildman–Crippen LogP) is 2.23. The normalized spacial score (nSPS) is 12.5. The zero-order valence-corrected chi connectivity index (χ0v) is 11.2. The minimum absolute atomic E-state index is 0.0473. The van der Waals surface area contributed by atoms with E-state index in [2.05, 4.69) is 17.9 Å². The number of urea groups is 1. The van der Waals surface area contributed by atoms with Gasteiger partial charge in [0.2, 0.25) is 0 Å². The summed E-state index contributed by atoms with van der Waals surface area (Å²) in [4.78, 5) is 24.2. The van der Waals surface area contributed by atoms with Crippen LogP contribution in [-0.2, 0) is 4.74 Å². The topological polar surface area (TPSA) is 58.6 Å². The number of imide groups is 1. The Balaban J connectivity index is 4.60. The van der Waals surface area contributed by atoms with Crippen LogP contribution in [0, 0.1) is 0 Å². The highest BCUT2D eigenvalue weighted by Crippen LogP contribution is 2.08. The number of nitrogens with one attached hydrogen (secondary N) is 1. The summed E-state index contributed by atoms with van der Waals surface area (Å²) in [6, 6.07) is -0.544. The van der Waals surface area contributed by atoms with E-state index >= 15 is 0 Å². The van der Waals surface area contributed by atoms with Crippen molar-refractivity contribution < 1.29 is 14.3 Å². The molecule has 0 heterocycles. The molecule has 0 aromatic carbocycles. The molecule has 3 amide bonds. The van der Waals surface area contributed by atoms with Gasteiger partial charge >= 0.3 is 12.1 Å². The highest BCUT2D eigenvalue weighted by Gasteiger charge is 2.27. The minimum Gasteiger partial charge on any atom is -0.446 e. The highest BCUT2D eigenvalue weighted by atomic mass is 32.1. The SMILES string of the molecule is CC(C)NC(=O)N(C(=O)OC(C)C)C(C)S. The van der Waals surface area contributed by atoms with Crippen molar-refractivity contribution in [2.75, 3.05) is 0 Å². The van der Waals surface area contributed by atoms with Crippen LogP contribution in [-0.4, -0.2) is 34.5 Å². The predicted molar refractivity (Wildman–Crippen MR) is 65.6 cm³/mol. The lowest BCUT2D eigenvalue weighted by molar-refractivity contribution is 0.0833. The first-order chi connectivity index (χ1) is 7.25. The third-order valence-corrected chi connectivity index (χ3v) is 1.77. The number of amides is 3. The molecule has 5 nitrogen and oxygen atoms in total. The van der Waals surface area contributed by atoms with Crippen LogP contribution in [0.2, 0.25) is 0 Å². The molecule has 1 N–H and O–H groups in total. The van der Waals surface area contributed by atoms with Crippen molar-refractivity contribution in [1.29, 1.82) is 0 Å². The fourth-order valence-electron chi connectivity index (χ4n) is 0.980. The Hall–Kier alpha value is -0.910. The summed E-state index contributed by atoms with van der Waals surface area (Å²) in [5, 5.41) is 2.08. The number of carbonyl (C=O) groups excluding carboxylic acids is 2. The zero-order chi connectivity index (χ0) is 12.9. The van der Waals surface area contributed by atoms with Gasteiger partial charge in [-0.05, 0) is 34.6 Å². The first-order valence-corrected chi connectivity index (χ1v) is 5.75. The molecule has 0 aliphatic heterocycles. The molecule has 0 radical (unpaired) electrons. The second-order valence-electron chi connectivity index (χ2n) is 4.04. The maximum atomic E-state index is 11.7. The molecule has 0 aliphatic rings. The fourth-order valence-corrected chi connectivity index (χ4v) is 1.18. The summed E-state index contributed by atoms with van der Waals surface area (Å²) >= 11 is 4.08. The first kappa shape index (κ1) is 15.1. The Labute approximate surface area is 102 Å². The largest absolute Gasteiger partial charge is 0.446 e. The lowest BCUT2D eigenvalue weighted by atomic mass is 10.4. The molecule has 16 heavy (non-hydrogen) atoms. The molecule has 1 atom stereocenters. The second kappa shape index (κ2) is 6.62. The van der Waals surface area contributed by atoms with E-state index in [-0.39, 0.29) is 12.1 Å². The maximum Gasteiger partial charge on any atom is 0.419 e. The van der Waals surface area contributed by atoms with Gasteiger partial charge in [-0.2, -0.15) is 12.6 Å². The third-order valence-electron chi connectivity index (χ3n) is 1.54. The van der Waals surface area contributed by atoms with E-state index < -0.39 is 17.5 Å². The summed E-state index contributed by atoms with van der Waals surface area (Å²) in [7, 11) is 0. The van der Waals surface area contributed by atoms with E-state index in [9.17, 15) is 9.59 Å². The number of hydrogen-bond acceptors (Lipinski definition) is 4. The van der Waals surface area contributed by atoms with Crippen molar-refractivity contribution in [1.82, 2.24) is 10.2 Å². The molecule has 0 rings (SSSR count). The van der Waals surface area contributed by atoms with Gasteiger partial charge in [0.05, 0.1) is 11.5 Å². The van der Waals surface area contributed by atoms with Gasteiger partial charge in [0.25, 0.3) is 0 Å². The van der Waals surface area contributed by atoms with Crippen molar-refractivity contribution >= 4 is 24.8 Å². The number of hydrogen-bond donors (Lipinski definition) is 2. The third kappa shape index (κ3) is 5.25. The Morgan fingerprint density at radius 2 is 1.69 bits per heavy atom. The molecule has 0 aromatic heterocycles. The van der Waals surface area contributed by atoms with Crippen LogP contribution in [0.1, 0.15) is 34.6 Å². The van der Waals surface area contributed by atoms with E-state index in [4.69, 9.17) is 4.74 Å². The van der Waals surface area contributed by atoms with Gasteiger partial charge < -0.3 is 10.1 Å². The molecule has 0 spiro atoms. The molecule has 0 fully saturated rings. The number of rotatable bonds is 3. The molecule has 0 bridgehead atoms. The Morgan fingerprint density at radius 1 is 1.19 bits per heavy atom. The summed E-state index contributed by atoms with van der Waals surface area (Å²) in [6.45, 7) is 8.70. The molecule has 0 aliphatic carbocycles. The molecule has 1 unspecified atom stereocenters. The van der Waals surface area contributed by atoms with Crippen LogP contribution in [0.15, 0.2) is 0 Å². The van der Waals surface area contributed by atoms with Gasteiger partial charge in [-0.25, -0.2) is 14.5 Å². The Kier molecular flexibility index (Phi) is 6.25. The standard InChI is InChI=1S/C10H20N2O3S/c1-6(2)11-9(13)12(8(5)16)10(14)15-7(3)4/h6-8,16H,1-5H3,(H,11,13). The molecule has 6 heteroatoms. The van der Waals surface area contributed by atoms with Crippen LogP contribution in [0.3, 0.4) is 0 Å². The van der Waals surface area contributed by atoms with E-state index in [1.165, 1.54) is 0 Å². The van der Waals surface area contributed by atoms with Crippen LogP contribution < -0.4 is 5.32 Å². The average Bonchev–Trinajstić information content (AvgIpc) is 1.98. The fraction of sp³-hybridized carbons (Fsp3) is 0.800. The molecule has 0 saturated heterocycles. The summed E-state index contributed by atoms with van der Waals surface area (Å²) in [5.74, 6) is 0. The average molecular weight is 248 g/mol. The highest BCUT2D eigenvalue weighted by molar-refractivity contribution is 7.80. The van der Waals surface area contributed by atoms with Crippen LogP contribution in [0.4, 0.5) is 9.59 Å². The molecular formula is C10H20N2O3S. The van der Waals surface area contributed by atoms with Crippen molar-refractivity contribution in [3.05, 3.63) is 0 Å². The lowest BCUT2D eigenvalue weighted by Crippen LogP contribution is -2.49. The monoisotopic (exact) mass is 248 g/mol. The number of carbonyl (C=O) groups is 2. The summed E-state index contributed by atoms with van der Waals surface area (Å²) in [6.07, 6.45) is -0.954. The second-order valence-corrected chi connectivity index (χ2v) is 4.79. The molecule has 0 saturated carbocycles. The molecule has 0 aromatic rings. The summed E-state index contributed by atoms with van der Waals surface area (Å²) < 4.78 is 4.95. The van der Waals surface area contributed by atoms with Crippen molar-refractivity contribution in [3.63, 3.8) is 0 Å². The maximum absolute atomic E-state index is 11.7. The van der Waals surface area contributed by atoms with E-state index in [1.54, 1.807) is 20.8 Å². The van der Waals surface area contributed by atoms with Gasteiger partial charge in [-0.3, -0.25) is 0 Å². The number of ether oxygens (including phenoxy) is 1. The molecular weight excluding hydrogens is 228 g/mol. The smallest absolute Gasteiger partial charge is 0.419 e. The number of thiol groups is 1. The Morgan fingerprint density at radius 3 is 2.00 bits per heavy atom. The van der Waals surface area contributed by atoms with Gasteiger partial charge in [0.1, 0.15) is 0 Å². The first-order valence-electron chi connectivity index (χ1n) is 5.24. The van der Waals surface area contributed by atoms with E-state index in [0.29, 0.717) is 0 Å². The van der Waals surface area contributed by atoms with Crippen molar-refractivity contribution in [3.8, 4) is 0 Å². The zero-order valence-electron chi connectivity index (χ0n) is 10.4. The van der Waals surface area contributed by atoms with Gasteiger partial charge in [0.15, 0.2) is 0 Å². The van der Waals surface area contributed by atoms with Crippen LogP contribution >= 0.6 is 12.6 Å². The Bertz CT molecular complexity index is 232. The van der Waals surface area contributed by atoms with Crippen molar-refractivity contribution in [2.45, 2.75) is 52.1 Å². The minimum atomic E-state index is -0.685. The quantitative estimate of drug-likeness (QED) is 0.595. The number of nitrogens with zero attached hydrogens (tertiary/aromatic N) is 1. The van der Waals surface area contributed by atoms with E-state index in [0.717, 1.165) is 4.90 Å². The van der Waals surface area contributed by atoms with Crippen LogP contribution in [0.25, 0.3) is 0 Å². The lowest BCUT2D eigenvalue weighted by Gasteiger charge is -2.25. The summed E-state index contributed by atoms with van der Waals surface area (Å²) in [5.41, 5.74) is 0.